The van der Waals surface area contributed by atoms with Crippen molar-refractivity contribution in [3.05, 3.63) is 29.8 Å². The molecule has 0 spiro atoms. The van der Waals surface area contributed by atoms with Crippen molar-refractivity contribution in [1.82, 2.24) is 4.31 Å². The smallest absolute Gasteiger partial charge is 0.246 e. The number of halogens is 2. The third kappa shape index (κ3) is 2.13. The van der Waals surface area contributed by atoms with Crippen molar-refractivity contribution in [1.29, 1.82) is 0 Å². The van der Waals surface area contributed by atoms with Gasteiger partial charge in [0.15, 0.2) is 0 Å². The number of fused-ring (bicyclic) bond motifs is 2. The minimum atomic E-state index is -3.93. The second-order valence-corrected chi connectivity index (χ2v) is 7.34. The summed E-state index contributed by atoms with van der Waals surface area (Å²) in [6, 6.07) is 2.22. The van der Waals surface area contributed by atoms with Gasteiger partial charge < -0.3 is 5.73 Å². The Labute approximate surface area is 116 Å². The highest BCUT2D eigenvalue weighted by Gasteiger charge is 2.47. The van der Waals surface area contributed by atoms with Crippen LogP contribution < -0.4 is 5.73 Å². The summed E-state index contributed by atoms with van der Waals surface area (Å²) in [5.41, 5.74) is 5.90. The van der Waals surface area contributed by atoms with E-state index in [2.05, 4.69) is 0 Å². The van der Waals surface area contributed by atoms with Crippen LogP contribution in [0.5, 0.6) is 0 Å². The molecule has 2 atom stereocenters. The molecule has 0 aliphatic carbocycles. The molecular formula is C13H16F2N2O2S. The Morgan fingerprint density at radius 3 is 2.30 bits per heavy atom. The molecule has 1 aromatic rings. The van der Waals surface area contributed by atoms with Gasteiger partial charge in [-0.1, -0.05) is 0 Å². The number of sulfonamides is 1. The lowest BCUT2D eigenvalue weighted by molar-refractivity contribution is 0.226. The van der Waals surface area contributed by atoms with E-state index in [9.17, 15) is 17.2 Å². The number of hydrogen-bond acceptors (Lipinski definition) is 3. The van der Waals surface area contributed by atoms with E-state index in [1.165, 1.54) is 4.31 Å². The first-order chi connectivity index (χ1) is 9.39. The Morgan fingerprint density at radius 1 is 1.15 bits per heavy atom. The molecule has 0 amide bonds. The van der Waals surface area contributed by atoms with Gasteiger partial charge >= 0.3 is 0 Å². The highest BCUT2D eigenvalue weighted by atomic mass is 32.2. The third-order valence-electron chi connectivity index (χ3n) is 4.15. The van der Waals surface area contributed by atoms with Crippen molar-refractivity contribution < 1.29 is 17.2 Å². The average molecular weight is 302 g/mol. The summed E-state index contributed by atoms with van der Waals surface area (Å²) in [7, 11) is -3.93. The summed E-state index contributed by atoms with van der Waals surface area (Å²) < 4.78 is 53.3. The summed E-state index contributed by atoms with van der Waals surface area (Å²) in [5.74, 6) is -1.83. The Bertz CT molecular complexity index is 621. The zero-order chi connectivity index (χ0) is 14.5. The molecule has 7 heteroatoms. The van der Waals surface area contributed by atoms with Gasteiger partial charge in [0.25, 0.3) is 0 Å². The molecule has 0 aromatic heterocycles. The predicted molar refractivity (Wildman–Crippen MR) is 69.4 cm³/mol. The predicted octanol–water partition coefficient (Wildman–Crippen LogP) is 1.61. The first-order valence-electron chi connectivity index (χ1n) is 6.64. The molecule has 2 aliphatic rings. The SMILES string of the molecule is NC1CC2CCC(C1)N2S(=O)(=O)c1ccc(F)cc1F. The van der Waals surface area contributed by atoms with E-state index in [1.54, 1.807) is 0 Å². The van der Waals surface area contributed by atoms with Gasteiger partial charge in [0.05, 0.1) is 0 Å². The van der Waals surface area contributed by atoms with Crippen LogP contribution in [0.25, 0.3) is 0 Å². The van der Waals surface area contributed by atoms with Crippen molar-refractivity contribution in [2.45, 2.75) is 48.7 Å². The highest BCUT2D eigenvalue weighted by Crippen LogP contribution is 2.39. The summed E-state index contributed by atoms with van der Waals surface area (Å²) in [4.78, 5) is -0.453. The number of nitrogens with two attached hydrogens (primary N) is 1. The first kappa shape index (κ1) is 13.9. The third-order valence-corrected chi connectivity index (χ3v) is 6.19. The van der Waals surface area contributed by atoms with Gasteiger partial charge in [0, 0.05) is 24.2 Å². The molecule has 1 aromatic carbocycles. The number of benzene rings is 1. The molecule has 20 heavy (non-hydrogen) atoms. The van der Waals surface area contributed by atoms with Gasteiger partial charge in [-0.15, -0.1) is 0 Å². The van der Waals surface area contributed by atoms with E-state index in [4.69, 9.17) is 5.73 Å². The van der Waals surface area contributed by atoms with Crippen LogP contribution in [-0.4, -0.2) is 30.8 Å². The molecule has 2 bridgehead atoms. The van der Waals surface area contributed by atoms with Crippen molar-refractivity contribution in [2.75, 3.05) is 0 Å². The Balaban J connectivity index is 2.01. The lowest BCUT2D eigenvalue weighted by atomic mass is 10.0. The summed E-state index contributed by atoms with van der Waals surface area (Å²) in [5, 5.41) is 0. The van der Waals surface area contributed by atoms with Crippen LogP contribution in [0.2, 0.25) is 0 Å². The lowest BCUT2D eigenvalue weighted by Gasteiger charge is -2.36. The Hall–Kier alpha value is -1.05. The molecule has 2 aliphatic heterocycles. The van der Waals surface area contributed by atoms with Crippen LogP contribution in [0.3, 0.4) is 0 Å². The Kier molecular flexibility index (Phi) is 3.30. The summed E-state index contributed by atoms with van der Waals surface area (Å²) in [6.45, 7) is 0. The van der Waals surface area contributed by atoms with E-state index in [1.807, 2.05) is 0 Å². The maximum atomic E-state index is 13.8. The first-order valence-corrected chi connectivity index (χ1v) is 8.08. The van der Waals surface area contributed by atoms with E-state index in [-0.39, 0.29) is 18.1 Å². The minimum Gasteiger partial charge on any atom is -0.328 e. The van der Waals surface area contributed by atoms with Gasteiger partial charge in [-0.25, -0.2) is 17.2 Å². The zero-order valence-electron chi connectivity index (χ0n) is 10.8. The molecule has 0 saturated carbocycles. The lowest BCUT2D eigenvalue weighted by Crippen LogP contribution is -2.50. The van der Waals surface area contributed by atoms with Gasteiger partial charge in [0.1, 0.15) is 16.5 Å². The monoisotopic (exact) mass is 302 g/mol. The molecular weight excluding hydrogens is 286 g/mol. The van der Waals surface area contributed by atoms with Crippen LogP contribution in [0.15, 0.2) is 23.1 Å². The van der Waals surface area contributed by atoms with Gasteiger partial charge in [0.2, 0.25) is 10.0 Å². The van der Waals surface area contributed by atoms with Gasteiger partial charge in [-0.2, -0.15) is 4.31 Å². The van der Waals surface area contributed by atoms with Crippen LogP contribution in [0.1, 0.15) is 25.7 Å². The summed E-state index contributed by atoms with van der Waals surface area (Å²) >= 11 is 0. The fourth-order valence-electron chi connectivity index (χ4n) is 3.37. The van der Waals surface area contributed by atoms with Crippen LogP contribution in [0, 0.1) is 11.6 Å². The second-order valence-electron chi connectivity index (χ2n) is 5.53. The fourth-order valence-corrected chi connectivity index (χ4v) is 5.31. The van der Waals surface area contributed by atoms with Crippen LogP contribution in [-0.2, 0) is 10.0 Å². The normalized spacial score (nSPS) is 30.6. The topological polar surface area (TPSA) is 63.4 Å². The zero-order valence-corrected chi connectivity index (χ0v) is 11.6. The minimum absolute atomic E-state index is 0.00276. The Morgan fingerprint density at radius 2 is 1.75 bits per heavy atom. The number of piperidine rings is 1. The van der Waals surface area contributed by atoms with E-state index in [0.717, 1.165) is 25.0 Å². The van der Waals surface area contributed by atoms with Crippen LogP contribution >= 0.6 is 0 Å². The molecule has 2 saturated heterocycles. The largest absolute Gasteiger partial charge is 0.328 e. The number of hydrogen-bond donors (Lipinski definition) is 1. The molecule has 4 nitrogen and oxygen atoms in total. The van der Waals surface area contributed by atoms with Crippen molar-refractivity contribution in [3.8, 4) is 0 Å². The molecule has 2 N–H and O–H groups in total. The molecule has 2 fully saturated rings. The molecule has 3 rings (SSSR count). The van der Waals surface area contributed by atoms with Gasteiger partial charge in [-0.05, 0) is 37.8 Å². The molecule has 0 radical (unpaired) electrons. The number of rotatable bonds is 2. The van der Waals surface area contributed by atoms with E-state index in [0.29, 0.717) is 18.9 Å². The average Bonchev–Trinajstić information content (AvgIpc) is 2.62. The van der Waals surface area contributed by atoms with Crippen molar-refractivity contribution in [3.63, 3.8) is 0 Å². The maximum absolute atomic E-state index is 13.8. The summed E-state index contributed by atoms with van der Waals surface area (Å²) in [6.07, 6.45) is 2.69. The van der Waals surface area contributed by atoms with Crippen molar-refractivity contribution >= 4 is 10.0 Å². The van der Waals surface area contributed by atoms with Crippen molar-refractivity contribution in [2.24, 2.45) is 5.73 Å². The van der Waals surface area contributed by atoms with E-state index < -0.39 is 26.6 Å². The van der Waals surface area contributed by atoms with Gasteiger partial charge in [-0.3, -0.25) is 0 Å². The van der Waals surface area contributed by atoms with Crippen LogP contribution in [0.4, 0.5) is 8.78 Å². The highest BCUT2D eigenvalue weighted by molar-refractivity contribution is 7.89. The maximum Gasteiger partial charge on any atom is 0.246 e. The molecule has 110 valence electrons. The standard InChI is InChI=1S/C13H16F2N2O2S/c14-8-1-4-13(12(15)5-8)20(18,19)17-10-2-3-11(17)7-9(16)6-10/h1,4-5,9-11H,2-3,6-7,16H2. The van der Waals surface area contributed by atoms with E-state index >= 15 is 0 Å². The number of nitrogens with zero attached hydrogens (tertiary/aromatic N) is 1. The fraction of sp³-hybridized carbons (Fsp3) is 0.538. The second kappa shape index (κ2) is 4.75. The molecule has 2 heterocycles. The molecule has 2 unspecified atom stereocenters. The quantitative estimate of drug-likeness (QED) is 0.902.